The highest BCUT2D eigenvalue weighted by Gasteiger charge is 2.59. The van der Waals surface area contributed by atoms with E-state index in [0.717, 1.165) is 53.0 Å². The van der Waals surface area contributed by atoms with Gasteiger partial charge in [0.15, 0.2) is 10.8 Å². The van der Waals surface area contributed by atoms with Crippen molar-refractivity contribution in [2.24, 2.45) is 0 Å². The number of pyridine rings is 1. The van der Waals surface area contributed by atoms with Gasteiger partial charge in [0.25, 0.3) is 5.91 Å². The molecule has 2 saturated heterocycles. The van der Waals surface area contributed by atoms with E-state index < -0.39 is 28.9 Å². The average molecular weight is 568 g/mol. The van der Waals surface area contributed by atoms with Gasteiger partial charge in [-0.25, -0.2) is 4.98 Å². The van der Waals surface area contributed by atoms with Crippen LogP contribution in [0.15, 0.2) is 30.5 Å². The highest BCUT2D eigenvalue weighted by molar-refractivity contribution is 7.81. The molecule has 3 aromatic rings. The molecule has 0 atom stereocenters. The highest BCUT2D eigenvalue weighted by atomic mass is 32.1. The molecule has 0 bridgehead atoms. The summed E-state index contributed by atoms with van der Waals surface area (Å²) in [6.45, 7) is 2.87. The number of benzene rings is 1. The number of hydrogen-bond acceptors (Lipinski definition) is 6. The van der Waals surface area contributed by atoms with Gasteiger partial charge in [-0.15, -0.1) is 0 Å². The summed E-state index contributed by atoms with van der Waals surface area (Å²) in [5, 5.41) is 17.7. The van der Waals surface area contributed by atoms with E-state index in [1.165, 1.54) is 6.07 Å². The molecule has 1 N–H and O–H groups in total. The van der Waals surface area contributed by atoms with Crippen LogP contribution in [0, 0.1) is 11.3 Å². The van der Waals surface area contributed by atoms with Crippen molar-refractivity contribution in [2.75, 3.05) is 22.9 Å². The minimum absolute atomic E-state index is 0.0533. The summed E-state index contributed by atoms with van der Waals surface area (Å²) in [6.07, 6.45) is -0.407. The number of anilines is 2. The Kier molecular flexibility index (Phi) is 6.06. The molecule has 3 fully saturated rings. The largest absolute Gasteiger partial charge is 0.419 e. The van der Waals surface area contributed by atoms with E-state index in [1.54, 1.807) is 11.8 Å². The lowest BCUT2D eigenvalue weighted by Gasteiger charge is -2.43. The van der Waals surface area contributed by atoms with Gasteiger partial charge in [0.2, 0.25) is 5.91 Å². The number of fused-ring (bicyclic) bond motifs is 1. The summed E-state index contributed by atoms with van der Waals surface area (Å²) in [4.78, 5) is 33.9. The minimum Gasteiger partial charge on any atom is -0.343 e. The van der Waals surface area contributed by atoms with E-state index >= 15 is 0 Å². The van der Waals surface area contributed by atoms with Crippen molar-refractivity contribution in [3.8, 4) is 6.07 Å². The number of thiocarbonyl (C=S) groups is 1. The molecule has 4 heterocycles. The molecule has 1 saturated carbocycles. The fraction of sp³-hybridized carbons (Fsp3) is 0.407. The Balaban J connectivity index is 1.38. The topological polar surface area (TPSA) is 109 Å². The van der Waals surface area contributed by atoms with E-state index in [4.69, 9.17) is 17.5 Å². The van der Waals surface area contributed by atoms with Crippen molar-refractivity contribution in [3.05, 3.63) is 47.4 Å². The van der Waals surface area contributed by atoms with Crippen LogP contribution in [0.3, 0.4) is 0 Å². The number of nitrogens with one attached hydrogen (secondary N) is 1. The molecule has 1 spiro atoms. The number of likely N-dealkylation sites (tertiary alicyclic amines) is 1. The molecule has 6 rings (SSSR count). The van der Waals surface area contributed by atoms with Crippen molar-refractivity contribution in [3.63, 3.8) is 0 Å². The number of halogens is 3. The molecule has 0 unspecified atom stereocenters. The summed E-state index contributed by atoms with van der Waals surface area (Å²) < 4.78 is 41.0. The Bertz CT molecular complexity index is 1600. The van der Waals surface area contributed by atoms with E-state index in [-0.39, 0.29) is 22.6 Å². The van der Waals surface area contributed by atoms with Gasteiger partial charge >= 0.3 is 6.18 Å². The number of carbonyl (C=O) groups is 2. The predicted molar refractivity (Wildman–Crippen MR) is 143 cm³/mol. The summed E-state index contributed by atoms with van der Waals surface area (Å²) in [6, 6.07) is 7.80. The zero-order valence-electron chi connectivity index (χ0n) is 21.5. The van der Waals surface area contributed by atoms with Crippen LogP contribution in [0.4, 0.5) is 24.5 Å². The van der Waals surface area contributed by atoms with Crippen LogP contribution >= 0.6 is 12.2 Å². The zero-order valence-corrected chi connectivity index (χ0v) is 22.3. The maximum atomic E-state index is 13.8. The molecule has 40 heavy (non-hydrogen) atoms. The van der Waals surface area contributed by atoms with Gasteiger partial charge in [0.05, 0.1) is 23.0 Å². The smallest absolute Gasteiger partial charge is 0.343 e. The molecule has 9 nitrogen and oxygen atoms in total. The van der Waals surface area contributed by atoms with E-state index in [0.29, 0.717) is 31.6 Å². The monoisotopic (exact) mass is 567 g/mol. The van der Waals surface area contributed by atoms with Crippen molar-refractivity contribution in [1.29, 1.82) is 5.26 Å². The molecule has 1 aromatic carbocycles. The molecular weight excluding hydrogens is 543 g/mol. The number of nitriles is 1. The third-order valence-corrected chi connectivity index (χ3v) is 8.67. The van der Waals surface area contributed by atoms with Crippen molar-refractivity contribution < 1.29 is 22.8 Å². The number of nitrogens with zero attached hydrogens (tertiary/aromatic N) is 6. The third-order valence-electron chi connectivity index (χ3n) is 8.31. The molecule has 206 valence electrons. The van der Waals surface area contributed by atoms with Crippen LogP contribution in [0.5, 0.6) is 0 Å². The second kappa shape index (κ2) is 9.26. The summed E-state index contributed by atoms with van der Waals surface area (Å²) >= 11 is 5.74. The molecular formula is C27H24F3N7O2S. The molecule has 2 aliphatic heterocycles. The number of aromatic nitrogens is 3. The Labute approximate surface area is 232 Å². The van der Waals surface area contributed by atoms with Crippen LogP contribution in [0.1, 0.15) is 61.9 Å². The maximum absolute atomic E-state index is 13.8. The van der Waals surface area contributed by atoms with Crippen molar-refractivity contribution in [2.45, 2.75) is 56.7 Å². The summed E-state index contributed by atoms with van der Waals surface area (Å²) in [5.74, 6) is -0.187. The Morgan fingerprint density at radius 1 is 1.20 bits per heavy atom. The quantitative estimate of drug-likeness (QED) is 0.460. The SMILES string of the molecule is CC(=O)N1CCC(c2[nH]nc3ccc(N4C(=S)N(c5cnc(C#N)c(C(F)(F)F)c5)C(=O)C45CCC5)cc23)CC1. The lowest BCUT2D eigenvalue weighted by atomic mass is 9.75. The molecule has 1 aliphatic carbocycles. The van der Waals surface area contributed by atoms with Crippen LogP contribution in [0.2, 0.25) is 0 Å². The molecule has 3 aliphatic rings. The number of alkyl halides is 3. The van der Waals surface area contributed by atoms with Crippen LogP contribution in [0.25, 0.3) is 10.9 Å². The number of amides is 2. The van der Waals surface area contributed by atoms with Gasteiger partial charge in [0, 0.05) is 42.7 Å². The molecule has 0 radical (unpaired) electrons. The van der Waals surface area contributed by atoms with Gasteiger partial charge in [-0.2, -0.15) is 23.5 Å². The van der Waals surface area contributed by atoms with Crippen molar-refractivity contribution in [1.82, 2.24) is 20.1 Å². The van der Waals surface area contributed by atoms with Crippen molar-refractivity contribution >= 4 is 51.4 Å². The number of H-pyrrole nitrogens is 1. The van der Waals surface area contributed by atoms with Gasteiger partial charge in [-0.05, 0) is 68.6 Å². The fourth-order valence-corrected chi connectivity index (χ4v) is 6.51. The average Bonchev–Trinajstić information content (AvgIpc) is 3.43. The second-order valence-electron chi connectivity index (χ2n) is 10.5. The van der Waals surface area contributed by atoms with E-state index in [1.807, 2.05) is 23.1 Å². The number of carbonyl (C=O) groups excluding carboxylic acids is 2. The Hall–Kier alpha value is -4.05. The Morgan fingerprint density at radius 3 is 2.52 bits per heavy atom. The normalized spacial score (nSPS) is 19.4. The zero-order chi connectivity index (χ0) is 28.4. The van der Waals surface area contributed by atoms with Gasteiger partial charge in [0.1, 0.15) is 11.6 Å². The number of rotatable bonds is 3. The fourth-order valence-electron chi connectivity index (χ4n) is 6.04. The molecule has 13 heteroatoms. The summed E-state index contributed by atoms with van der Waals surface area (Å²) in [7, 11) is 0. The first-order valence-electron chi connectivity index (χ1n) is 12.9. The first-order chi connectivity index (χ1) is 19.0. The highest BCUT2D eigenvalue weighted by Crippen LogP contribution is 2.49. The molecule has 2 aromatic heterocycles. The first kappa shape index (κ1) is 26.2. The maximum Gasteiger partial charge on any atom is 0.419 e. The van der Waals surface area contributed by atoms with E-state index in [2.05, 4.69) is 15.2 Å². The number of piperidine rings is 1. The van der Waals surface area contributed by atoms with Gasteiger partial charge in [-0.3, -0.25) is 19.6 Å². The Morgan fingerprint density at radius 2 is 1.93 bits per heavy atom. The van der Waals surface area contributed by atoms with E-state index in [9.17, 15) is 22.8 Å². The van der Waals surface area contributed by atoms with Crippen LogP contribution < -0.4 is 9.80 Å². The number of aromatic amines is 1. The molecule has 2 amide bonds. The third kappa shape index (κ3) is 3.92. The van der Waals surface area contributed by atoms with Gasteiger partial charge in [-0.1, -0.05) is 0 Å². The van der Waals surface area contributed by atoms with Crippen LogP contribution in [-0.2, 0) is 15.8 Å². The minimum atomic E-state index is -4.82. The second-order valence-corrected chi connectivity index (χ2v) is 10.8. The first-order valence-corrected chi connectivity index (χ1v) is 13.4. The lowest BCUT2D eigenvalue weighted by Crippen LogP contribution is -2.55. The summed E-state index contributed by atoms with van der Waals surface area (Å²) in [5.41, 5.74) is -0.780. The standard InChI is InChI=1S/C27H24F3N7O2S/c1-15(38)35-9-5-16(6-10-35)23-19-11-17(3-4-21(19)33-34-23)37-25(40)36(24(39)26(37)7-2-8-26)18-12-20(27(28,29)30)22(13-31)32-14-18/h3-4,11-12,14,16H,2,5-10H2,1H3,(H,33,34). The number of hydrogen-bond donors (Lipinski definition) is 1. The lowest BCUT2D eigenvalue weighted by molar-refractivity contribution is -0.138. The van der Waals surface area contributed by atoms with Gasteiger partial charge < -0.3 is 9.80 Å². The predicted octanol–water partition coefficient (Wildman–Crippen LogP) is 4.64. The van der Waals surface area contributed by atoms with Crippen LogP contribution in [-0.4, -0.2) is 55.6 Å².